The van der Waals surface area contributed by atoms with Crippen molar-refractivity contribution in [3.05, 3.63) is 0 Å². The van der Waals surface area contributed by atoms with Gasteiger partial charge in [-0.3, -0.25) is 5.32 Å². The van der Waals surface area contributed by atoms with Crippen molar-refractivity contribution in [1.82, 2.24) is 5.32 Å². The fraction of sp³-hybridized carbons (Fsp3) is 0.750. The maximum Gasteiger partial charge on any atom is 0.105 e. The Labute approximate surface area is 62.6 Å². The maximum absolute atomic E-state index is 9.10. The number of hydrogen-bond acceptors (Lipinski definition) is 2. The molecule has 0 rings (SSSR count). The molecule has 58 valence electrons. The van der Waals surface area contributed by atoms with Crippen LogP contribution in [-0.4, -0.2) is 17.9 Å². The molecular formula is C8H15NO. The quantitative estimate of drug-likeness (QED) is 0.437. The summed E-state index contributed by atoms with van der Waals surface area (Å²) in [5.74, 6) is 2.40. The molecule has 0 aromatic rings. The zero-order chi connectivity index (χ0) is 7.82. The van der Waals surface area contributed by atoms with Gasteiger partial charge in [0.2, 0.25) is 0 Å². The van der Waals surface area contributed by atoms with Gasteiger partial charge in [-0.05, 0) is 12.8 Å². The van der Waals surface area contributed by atoms with Crippen LogP contribution in [0.1, 0.15) is 26.2 Å². The largest absolute Gasteiger partial charge is 0.379 e. The summed E-state index contributed by atoms with van der Waals surface area (Å²) in [5.41, 5.74) is 0. The molecule has 0 saturated carbocycles. The van der Waals surface area contributed by atoms with Crippen LogP contribution >= 0.6 is 0 Å². The van der Waals surface area contributed by atoms with Crippen molar-refractivity contribution in [2.75, 3.05) is 6.54 Å². The Balaban J connectivity index is 3.10. The lowest BCUT2D eigenvalue weighted by atomic mass is 10.2. The van der Waals surface area contributed by atoms with E-state index in [4.69, 9.17) is 11.5 Å². The van der Waals surface area contributed by atoms with Gasteiger partial charge in [-0.15, -0.1) is 6.42 Å². The van der Waals surface area contributed by atoms with E-state index >= 15 is 0 Å². The van der Waals surface area contributed by atoms with E-state index in [2.05, 4.69) is 18.2 Å². The standard InChI is InChI=1S/C8H15NO/c1-3-5-6-8(10)9-7-4-2/h2,8-10H,3,5-7H2,1H3. The predicted octanol–water partition coefficient (Wildman–Crippen LogP) is 0.718. The highest BCUT2D eigenvalue weighted by Gasteiger charge is 1.98. The number of nitrogens with one attached hydrogen (secondary N) is 1. The molecule has 0 saturated heterocycles. The summed E-state index contributed by atoms with van der Waals surface area (Å²) >= 11 is 0. The molecule has 0 amide bonds. The predicted molar refractivity (Wildman–Crippen MR) is 42.4 cm³/mol. The summed E-state index contributed by atoms with van der Waals surface area (Å²) in [7, 11) is 0. The summed E-state index contributed by atoms with van der Waals surface area (Å²) in [6.07, 6.45) is 7.50. The van der Waals surface area contributed by atoms with Gasteiger partial charge in [-0.1, -0.05) is 19.3 Å². The van der Waals surface area contributed by atoms with Gasteiger partial charge in [0.15, 0.2) is 0 Å². The fourth-order valence-electron chi connectivity index (χ4n) is 0.676. The zero-order valence-electron chi connectivity index (χ0n) is 6.43. The molecule has 0 aromatic carbocycles. The van der Waals surface area contributed by atoms with Gasteiger partial charge in [0.1, 0.15) is 6.23 Å². The molecule has 0 aromatic heterocycles. The molecule has 0 spiro atoms. The first kappa shape index (κ1) is 9.48. The Morgan fingerprint density at radius 2 is 2.40 bits per heavy atom. The van der Waals surface area contributed by atoms with Crippen molar-refractivity contribution >= 4 is 0 Å². The fourth-order valence-corrected chi connectivity index (χ4v) is 0.676. The molecule has 0 fully saturated rings. The highest BCUT2D eigenvalue weighted by molar-refractivity contribution is 4.86. The van der Waals surface area contributed by atoms with Crippen LogP contribution in [0.2, 0.25) is 0 Å². The molecule has 0 radical (unpaired) electrons. The molecule has 2 N–H and O–H groups in total. The topological polar surface area (TPSA) is 32.3 Å². The van der Waals surface area contributed by atoms with Crippen LogP contribution in [0.25, 0.3) is 0 Å². The average Bonchev–Trinajstić information content (AvgIpc) is 1.97. The minimum absolute atomic E-state index is 0.420. The van der Waals surface area contributed by atoms with Crippen LogP contribution < -0.4 is 5.32 Å². The first-order valence-corrected chi connectivity index (χ1v) is 3.66. The van der Waals surface area contributed by atoms with Crippen molar-refractivity contribution in [3.63, 3.8) is 0 Å². The number of terminal acetylenes is 1. The van der Waals surface area contributed by atoms with Crippen LogP contribution in [0.5, 0.6) is 0 Å². The highest BCUT2D eigenvalue weighted by Crippen LogP contribution is 1.96. The number of unbranched alkanes of at least 4 members (excludes halogenated alkanes) is 1. The van der Waals surface area contributed by atoms with E-state index in [0.717, 1.165) is 19.3 Å². The lowest BCUT2D eigenvalue weighted by molar-refractivity contribution is 0.130. The number of hydrogen-bond donors (Lipinski definition) is 2. The molecule has 1 atom stereocenters. The van der Waals surface area contributed by atoms with Crippen molar-refractivity contribution in [2.45, 2.75) is 32.4 Å². The second kappa shape index (κ2) is 6.60. The SMILES string of the molecule is C#CCNC(O)CCCC. The Morgan fingerprint density at radius 3 is 2.90 bits per heavy atom. The molecule has 2 heteroatoms. The first-order valence-electron chi connectivity index (χ1n) is 3.66. The normalized spacial score (nSPS) is 12.5. The second-order valence-electron chi connectivity index (χ2n) is 2.24. The lowest BCUT2D eigenvalue weighted by Gasteiger charge is -2.08. The van der Waals surface area contributed by atoms with E-state index in [1.807, 2.05) is 0 Å². The van der Waals surface area contributed by atoms with E-state index in [-0.39, 0.29) is 0 Å². The molecule has 0 aliphatic carbocycles. The number of rotatable bonds is 5. The zero-order valence-corrected chi connectivity index (χ0v) is 6.43. The van der Waals surface area contributed by atoms with Gasteiger partial charge in [-0.25, -0.2) is 0 Å². The summed E-state index contributed by atoms with van der Waals surface area (Å²) in [6, 6.07) is 0. The third kappa shape index (κ3) is 5.61. The molecule has 2 nitrogen and oxygen atoms in total. The van der Waals surface area contributed by atoms with Crippen LogP contribution in [-0.2, 0) is 0 Å². The molecule has 0 heterocycles. The molecule has 0 aliphatic rings. The van der Waals surface area contributed by atoms with E-state index in [1.165, 1.54) is 0 Å². The molecule has 0 bridgehead atoms. The van der Waals surface area contributed by atoms with Crippen molar-refractivity contribution in [1.29, 1.82) is 0 Å². The van der Waals surface area contributed by atoms with Gasteiger partial charge >= 0.3 is 0 Å². The van der Waals surface area contributed by atoms with E-state index in [1.54, 1.807) is 0 Å². The van der Waals surface area contributed by atoms with Crippen LogP contribution in [0, 0.1) is 12.3 Å². The van der Waals surface area contributed by atoms with E-state index in [0.29, 0.717) is 6.54 Å². The summed E-state index contributed by atoms with van der Waals surface area (Å²) in [6.45, 7) is 2.54. The summed E-state index contributed by atoms with van der Waals surface area (Å²) in [4.78, 5) is 0. The summed E-state index contributed by atoms with van der Waals surface area (Å²) < 4.78 is 0. The van der Waals surface area contributed by atoms with E-state index < -0.39 is 6.23 Å². The molecule has 0 aliphatic heterocycles. The Kier molecular flexibility index (Phi) is 6.25. The van der Waals surface area contributed by atoms with Crippen molar-refractivity contribution in [2.24, 2.45) is 0 Å². The Hall–Kier alpha value is -0.520. The van der Waals surface area contributed by atoms with Crippen molar-refractivity contribution in [3.8, 4) is 12.3 Å². The third-order valence-electron chi connectivity index (χ3n) is 1.27. The summed E-state index contributed by atoms with van der Waals surface area (Å²) in [5, 5.41) is 11.9. The highest BCUT2D eigenvalue weighted by atomic mass is 16.3. The lowest BCUT2D eigenvalue weighted by Crippen LogP contribution is -2.28. The van der Waals surface area contributed by atoms with Crippen LogP contribution in [0.3, 0.4) is 0 Å². The van der Waals surface area contributed by atoms with E-state index in [9.17, 15) is 0 Å². The van der Waals surface area contributed by atoms with Gasteiger partial charge < -0.3 is 5.11 Å². The van der Waals surface area contributed by atoms with Crippen LogP contribution in [0.4, 0.5) is 0 Å². The van der Waals surface area contributed by atoms with Crippen molar-refractivity contribution < 1.29 is 5.11 Å². The van der Waals surface area contributed by atoms with Gasteiger partial charge in [0.05, 0.1) is 6.54 Å². The smallest absolute Gasteiger partial charge is 0.105 e. The minimum atomic E-state index is -0.420. The monoisotopic (exact) mass is 141 g/mol. The maximum atomic E-state index is 9.10. The number of aliphatic hydroxyl groups is 1. The molecule has 1 unspecified atom stereocenters. The first-order chi connectivity index (χ1) is 4.81. The van der Waals surface area contributed by atoms with Crippen LogP contribution in [0.15, 0.2) is 0 Å². The number of aliphatic hydroxyl groups excluding tert-OH is 1. The third-order valence-corrected chi connectivity index (χ3v) is 1.27. The minimum Gasteiger partial charge on any atom is -0.379 e. The molecule has 10 heavy (non-hydrogen) atoms. The van der Waals surface area contributed by atoms with Gasteiger partial charge in [0, 0.05) is 0 Å². The Bertz CT molecular complexity index is 106. The Morgan fingerprint density at radius 1 is 1.70 bits per heavy atom. The molecular weight excluding hydrogens is 126 g/mol. The van der Waals surface area contributed by atoms with Gasteiger partial charge in [0.25, 0.3) is 0 Å². The van der Waals surface area contributed by atoms with Gasteiger partial charge in [-0.2, -0.15) is 0 Å². The average molecular weight is 141 g/mol. The second-order valence-corrected chi connectivity index (χ2v) is 2.24.